The molecule has 0 aliphatic rings. The fourth-order valence-electron chi connectivity index (χ4n) is 1.49. The zero-order valence-corrected chi connectivity index (χ0v) is 8.55. The van der Waals surface area contributed by atoms with Crippen molar-refractivity contribution in [1.29, 1.82) is 0 Å². The number of imidazole rings is 1. The smallest absolute Gasteiger partial charge is 0.228 e. The number of hydrogen-bond acceptors (Lipinski definition) is 2. The summed E-state index contributed by atoms with van der Waals surface area (Å²) in [6.07, 6.45) is 3.47. The number of carbonyl (C=O) groups excluding carboxylic acids is 1. The minimum absolute atomic E-state index is 0.0255. The largest absolute Gasteiger partial charge is 0.328 e. The number of aryl methyl sites for hydroxylation is 1. The highest BCUT2D eigenvalue weighted by atomic mass is 16.1. The lowest BCUT2D eigenvalue weighted by Gasteiger charge is -2.03. The Kier molecular flexibility index (Phi) is 2.63. The summed E-state index contributed by atoms with van der Waals surface area (Å²) in [5.74, 6) is 0.478. The van der Waals surface area contributed by atoms with Gasteiger partial charge < -0.3 is 4.57 Å². The highest BCUT2D eigenvalue weighted by molar-refractivity contribution is 6.06. The van der Waals surface area contributed by atoms with E-state index < -0.39 is 0 Å². The molecule has 0 N–H and O–H groups in total. The predicted molar refractivity (Wildman–Crippen MR) is 57.8 cm³/mol. The van der Waals surface area contributed by atoms with E-state index in [-0.39, 0.29) is 5.78 Å². The number of nitrogens with zero attached hydrogens (tertiary/aromatic N) is 2. The molecule has 0 fully saturated rings. The molecule has 1 aromatic heterocycles. The third-order valence-electron chi connectivity index (χ3n) is 2.30. The number of rotatable bonds is 3. The first-order chi connectivity index (χ1) is 7.33. The average Bonchev–Trinajstić information content (AvgIpc) is 2.77. The first-order valence-corrected chi connectivity index (χ1v) is 4.94. The molecule has 0 spiro atoms. The van der Waals surface area contributed by atoms with Gasteiger partial charge in [-0.3, -0.25) is 4.79 Å². The Morgan fingerprint density at radius 2 is 2.07 bits per heavy atom. The molecule has 0 bridgehead atoms. The highest BCUT2D eigenvalue weighted by Crippen LogP contribution is 2.07. The standard InChI is InChI=1S/C12H12N2O/c1-2-14-9-8-13-12(14)11(15)10-6-4-3-5-7-10/h3-9H,2H2,1H3. The third-order valence-corrected chi connectivity index (χ3v) is 2.30. The van der Waals surface area contributed by atoms with Crippen molar-refractivity contribution in [2.45, 2.75) is 13.5 Å². The highest BCUT2D eigenvalue weighted by Gasteiger charge is 2.13. The number of benzene rings is 1. The molecule has 0 aliphatic heterocycles. The van der Waals surface area contributed by atoms with E-state index in [9.17, 15) is 4.79 Å². The van der Waals surface area contributed by atoms with Gasteiger partial charge in [-0.15, -0.1) is 0 Å². The molecule has 0 aliphatic carbocycles. The van der Waals surface area contributed by atoms with Gasteiger partial charge in [-0.1, -0.05) is 30.3 Å². The van der Waals surface area contributed by atoms with Crippen LogP contribution in [0.4, 0.5) is 0 Å². The van der Waals surface area contributed by atoms with Crippen molar-refractivity contribution in [3.63, 3.8) is 0 Å². The maximum Gasteiger partial charge on any atom is 0.228 e. The van der Waals surface area contributed by atoms with E-state index in [1.54, 1.807) is 18.3 Å². The summed E-state index contributed by atoms with van der Waals surface area (Å²) < 4.78 is 1.84. The van der Waals surface area contributed by atoms with Crippen LogP contribution in [0.3, 0.4) is 0 Å². The van der Waals surface area contributed by atoms with Crippen molar-refractivity contribution in [2.24, 2.45) is 0 Å². The van der Waals surface area contributed by atoms with Crippen molar-refractivity contribution in [3.05, 3.63) is 54.1 Å². The van der Waals surface area contributed by atoms with Crippen molar-refractivity contribution in [1.82, 2.24) is 9.55 Å². The number of ketones is 1. The summed E-state index contributed by atoms with van der Waals surface area (Å²) in [6, 6.07) is 9.20. The summed E-state index contributed by atoms with van der Waals surface area (Å²) in [4.78, 5) is 16.1. The average molecular weight is 200 g/mol. The SMILES string of the molecule is CCn1ccnc1C(=O)c1ccccc1. The maximum absolute atomic E-state index is 12.0. The van der Waals surface area contributed by atoms with E-state index in [4.69, 9.17) is 0 Å². The maximum atomic E-state index is 12.0. The Labute approximate surface area is 88.4 Å². The third kappa shape index (κ3) is 1.81. The topological polar surface area (TPSA) is 34.9 Å². The minimum atomic E-state index is -0.0255. The van der Waals surface area contributed by atoms with Crippen LogP contribution < -0.4 is 0 Å². The monoisotopic (exact) mass is 200 g/mol. The zero-order chi connectivity index (χ0) is 10.7. The lowest BCUT2D eigenvalue weighted by molar-refractivity contribution is 0.102. The number of aromatic nitrogens is 2. The molecule has 0 saturated carbocycles. The van der Waals surface area contributed by atoms with Crippen LogP contribution in [0.2, 0.25) is 0 Å². The second-order valence-corrected chi connectivity index (χ2v) is 3.23. The fourth-order valence-corrected chi connectivity index (χ4v) is 1.49. The minimum Gasteiger partial charge on any atom is -0.328 e. The molecule has 0 atom stereocenters. The van der Waals surface area contributed by atoms with Crippen LogP contribution in [0, 0.1) is 0 Å². The van der Waals surface area contributed by atoms with Crippen molar-refractivity contribution in [3.8, 4) is 0 Å². The van der Waals surface area contributed by atoms with Crippen molar-refractivity contribution >= 4 is 5.78 Å². The van der Waals surface area contributed by atoms with Crippen LogP contribution in [0.25, 0.3) is 0 Å². The molecule has 0 radical (unpaired) electrons. The molecule has 0 unspecified atom stereocenters. The van der Waals surface area contributed by atoms with E-state index in [1.165, 1.54) is 0 Å². The molecule has 0 amide bonds. The van der Waals surface area contributed by atoms with E-state index in [0.29, 0.717) is 11.4 Å². The van der Waals surface area contributed by atoms with Gasteiger partial charge in [0.05, 0.1) is 0 Å². The predicted octanol–water partition coefficient (Wildman–Crippen LogP) is 2.13. The van der Waals surface area contributed by atoms with Crippen LogP contribution >= 0.6 is 0 Å². The summed E-state index contributed by atoms with van der Waals surface area (Å²) in [5.41, 5.74) is 0.679. The molecule has 2 aromatic rings. The Bertz CT molecular complexity index is 459. The fraction of sp³-hybridized carbons (Fsp3) is 0.167. The van der Waals surface area contributed by atoms with Gasteiger partial charge in [0.2, 0.25) is 5.78 Å². The molecule has 1 heterocycles. The van der Waals surface area contributed by atoms with Crippen molar-refractivity contribution < 1.29 is 4.79 Å². The lowest BCUT2D eigenvalue weighted by atomic mass is 10.1. The Morgan fingerprint density at radius 1 is 1.33 bits per heavy atom. The van der Waals surface area contributed by atoms with Gasteiger partial charge in [-0.05, 0) is 6.92 Å². The van der Waals surface area contributed by atoms with Crippen molar-refractivity contribution in [2.75, 3.05) is 0 Å². The Hall–Kier alpha value is -1.90. The van der Waals surface area contributed by atoms with E-state index in [2.05, 4.69) is 4.98 Å². The van der Waals surface area contributed by atoms with Crippen LogP contribution in [0.15, 0.2) is 42.7 Å². The van der Waals surface area contributed by atoms with Gasteiger partial charge >= 0.3 is 0 Å². The summed E-state index contributed by atoms with van der Waals surface area (Å²) in [7, 11) is 0. The molecule has 15 heavy (non-hydrogen) atoms. The van der Waals surface area contributed by atoms with E-state index in [1.807, 2.05) is 35.9 Å². The molecule has 76 valence electrons. The van der Waals surface area contributed by atoms with Gasteiger partial charge in [-0.25, -0.2) is 4.98 Å². The van der Waals surface area contributed by atoms with Gasteiger partial charge in [0, 0.05) is 24.5 Å². The molecule has 3 nitrogen and oxygen atoms in total. The first kappa shape index (κ1) is 9.65. The van der Waals surface area contributed by atoms with Gasteiger partial charge in [-0.2, -0.15) is 0 Å². The molecule has 2 rings (SSSR count). The number of carbonyl (C=O) groups is 1. The van der Waals surface area contributed by atoms with E-state index >= 15 is 0 Å². The normalized spacial score (nSPS) is 10.2. The zero-order valence-electron chi connectivity index (χ0n) is 8.55. The second kappa shape index (κ2) is 4.09. The van der Waals surface area contributed by atoms with Gasteiger partial charge in [0.1, 0.15) is 0 Å². The van der Waals surface area contributed by atoms with E-state index in [0.717, 1.165) is 6.54 Å². The Balaban J connectivity index is 2.37. The summed E-state index contributed by atoms with van der Waals surface area (Å²) in [6.45, 7) is 2.75. The molecule has 1 aromatic carbocycles. The quantitative estimate of drug-likeness (QED) is 0.711. The summed E-state index contributed by atoms with van der Waals surface area (Å²) in [5, 5.41) is 0. The van der Waals surface area contributed by atoms with Crippen LogP contribution in [0.1, 0.15) is 23.1 Å². The lowest BCUT2D eigenvalue weighted by Crippen LogP contribution is -2.10. The van der Waals surface area contributed by atoms with Crippen LogP contribution in [0.5, 0.6) is 0 Å². The summed E-state index contributed by atoms with van der Waals surface area (Å²) >= 11 is 0. The first-order valence-electron chi connectivity index (χ1n) is 4.94. The molecular weight excluding hydrogens is 188 g/mol. The number of hydrogen-bond donors (Lipinski definition) is 0. The second-order valence-electron chi connectivity index (χ2n) is 3.23. The Morgan fingerprint density at radius 3 is 2.73 bits per heavy atom. The van der Waals surface area contributed by atoms with Crippen LogP contribution in [-0.4, -0.2) is 15.3 Å². The van der Waals surface area contributed by atoms with Gasteiger partial charge in [0.25, 0.3) is 0 Å². The van der Waals surface area contributed by atoms with Crippen LogP contribution in [-0.2, 0) is 6.54 Å². The molecular formula is C12H12N2O. The molecule has 3 heteroatoms. The van der Waals surface area contributed by atoms with Gasteiger partial charge in [0.15, 0.2) is 5.82 Å². The molecule has 0 saturated heterocycles.